The van der Waals surface area contributed by atoms with Crippen molar-refractivity contribution in [1.29, 1.82) is 0 Å². The van der Waals surface area contributed by atoms with Crippen LogP contribution >= 0.6 is 0 Å². The second kappa shape index (κ2) is 9.86. The molecule has 0 saturated heterocycles. The van der Waals surface area contributed by atoms with E-state index in [2.05, 4.69) is 5.32 Å². The molecule has 0 radical (unpaired) electrons. The molecule has 0 atom stereocenters. The number of amides is 2. The van der Waals surface area contributed by atoms with Crippen LogP contribution in [0.4, 0.5) is 10.1 Å². The number of hydrogen-bond acceptors (Lipinski definition) is 2. The molecule has 0 aromatic heterocycles. The Balaban J connectivity index is 2.20. The first-order chi connectivity index (χ1) is 12.9. The van der Waals surface area contributed by atoms with Crippen LogP contribution in [0.15, 0.2) is 48.5 Å². The van der Waals surface area contributed by atoms with Crippen molar-refractivity contribution >= 4 is 17.5 Å². The third kappa shape index (κ3) is 6.51. The van der Waals surface area contributed by atoms with Crippen LogP contribution in [0.1, 0.15) is 38.3 Å². The molecule has 0 aliphatic heterocycles. The van der Waals surface area contributed by atoms with Gasteiger partial charge in [-0.15, -0.1) is 0 Å². The van der Waals surface area contributed by atoms with Gasteiger partial charge in [-0.3, -0.25) is 9.59 Å². The van der Waals surface area contributed by atoms with Gasteiger partial charge in [0.1, 0.15) is 5.82 Å². The molecule has 27 heavy (non-hydrogen) atoms. The molecule has 5 heteroatoms. The van der Waals surface area contributed by atoms with Crippen LogP contribution in [0.2, 0.25) is 0 Å². The molecule has 1 N–H and O–H groups in total. The summed E-state index contributed by atoms with van der Waals surface area (Å²) in [4.78, 5) is 26.2. The summed E-state index contributed by atoms with van der Waals surface area (Å²) in [5.74, 6) is -0.0613. The fraction of sp³-hybridized carbons (Fsp3) is 0.364. The Bertz CT molecular complexity index is 755. The standard InChI is InChI=1S/C22H27FN2O2/c1-4-24-21(26)14-17-7-11-20(12-8-17)25(22(27)13-16(2)3)15-18-5-9-19(23)10-6-18/h5-12,16H,4,13-15H2,1-3H3,(H,24,26). The Hall–Kier alpha value is -2.69. The number of carbonyl (C=O) groups is 2. The van der Waals surface area contributed by atoms with Crippen molar-refractivity contribution in [2.24, 2.45) is 5.92 Å². The van der Waals surface area contributed by atoms with Gasteiger partial charge in [0, 0.05) is 18.7 Å². The van der Waals surface area contributed by atoms with E-state index in [1.165, 1.54) is 12.1 Å². The van der Waals surface area contributed by atoms with Crippen LogP contribution in [0, 0.1) is 11.7 Å². The predicted molar refractivity (Wildman–Crippen MR) is 106 cm³/mol. The van der Waals surface area contributed by atoms with Gasteiger partial charge < -0.3 is 10.2 Å². The topological polar surface area (TPSA) is 49.4 Å². The Kier molecular flexibility index (Phi) is 7.53. The van der Waals surface area contributed by atoms with Gasteiger partial charge in [0.15, 0.2) is 0 Å². The quantitative estimate of drug-likeness (QED) is 0.761. The maximum atomic E-state index is 13.2. The molecule has 144 valence electrons. The molecule has 0 unspecified atom stereocenters. The van der Waals surface area contributed by atoms with E-state index < -0.39 is 0 Å². The first-order valence-corrected chi connectivity index (χ1v) is 9.29. The molecule has 2 rings (SSSR count). The van der Waals surface area contributed by atoms with Crippen molar-refractivity contribution in [3.05, 3.63) is 65.5 Å². The molecule has 0 aliphatic rings. The average Bonchev–Trinajstić information content (AvgIpc) is 2.61. The lowest BCUT2D eigenvalue weighted by atomic mass is 10.1. The fourth-order valence-electron chi connectivity index (χ4n) is 2.79. The van der Waals surface area contributed by atoms with Gasteiger partial charge >= 0.3 is 0 Å². The highest BCUT2D eigenvalue weighted by molar-refractivity contribution is 5.93. The van der Waals surface area contributed by atoms with Crippen molar-refractivity contribution in [3.8, 4) is 0 Å². The van der Waals surface area contributed by atoms with Gasteiger partial charge in [-0.2, -0.15) is 0 Å². The normalized spacial score (nSPS) is 10.7. The summed E-state index contributed by atoms with van der Waals surface area (Å²) in [6, 6.07) is 13.6. The van der Waals surface area contributed by atoms with E-state index >= 15 is 0 Å². The zero-order valence-corrected chi connectivity index (χ0v) is 16.2. The molecular formula is C22H27FN2O2. The minimum absolute atomic E-state index is 0.0193. The smallest absolute Gasteiger partial charge is 0.227 e. The first-order valence-electron chi connectivity index (χ1n) is 9.29. The van der Waals surface area contributed by atoms with Gasteiger partial charge in [0.25, 0.3) is 0 Å². The third-order valence-electron chi connectivity index (χ3n) is 4.12. The Morgan fingerprint density at radius 2 is 1.59 bits per heavy atom. The minimum atomic E-state index is -0.298. The van der Waals surface area contributed by atoms with Crippen LogP contribution < -0.4 is 10.2 Å². The Morgan fingerprint density at radius 1 is 1.00 bits per heavy atom. The van der Waals surface area contributed by atoms with Crippen molar-refractivity contribution in [1.82, 2.24) is 5.32 Å². The molecule has 0 aliphatic carbocycles. The molecule has 0 heterocycles. The van der Waals surface area contributed by atoms with Crippen LogP contribution in [0.5, 0.6) is 0 Å². The zero-order valence-electron chi connectivity index (χ0n) is 16.2. The maximum absolute atomic E-state index is 13.2. The number of hydrogen-bond donors (Lipinski definition) is 1. The van der Waals surface area contributed by atoms with E-state index in [1.54, 1.807) is 17.0 Å². The monoisotopic (exact) mass is 370 g/mol. The van der Waals surface area contributed by atoms with Gasteiger partial charge in [0.2, 0.25) is 11.8 Å². The molecular weight excluding hydrogens is 343 g/mol. The van der Waals surface area contributed by atoms with E-state index in [1.807, 2.05) is 45.0 Å². The molecule has 2 amide bonds. The minimum Gasteiger partial charge on any atom is -0.356 e. The van der Waals surface area contributed by atoms with Gasteiger partial charge in [0.05, 0.1) is 13.0 Å². The fourth-order valence-corrected chi connectivity index (χ4v) is 2.79. The lowest BCUT2D eigenvalue weighted by Gasteiger charge is -2.24. The van der Waals surface area contributed by atoms with E-state index in [9.17, 15) is 14.0 Å². The number of nitrogens with one attached hydrogen (secondary N) is 1. The molecule has 2 aromatic rings. The highest BCUT2D eigenvalue weighted by atomic mass is 19.1. The molecule has 0 fully saturated rings. The molecule has 4 nitrogen and oxygen atoms in total. The lowest BCUT2D eigenvalue weighted by Crippen LogP contribution is -2.31. The summed E-state index contributed by atoms with van der Waals surface area (Å²) in [6.45, 7) is 6.87. The molecule has 0 bridgehead atoms. The number of halogens is 1. The summed E-state index contributed by atoms with van der Waals surface area (Å²) < 4.78 is 13.2. The van der Waals surface area contributed by atoms with Crippen molar-refractivity contribution in [3.63, 3.8) is 0 Å². The summed E-state index contributed by atoms with van der Waals surface area (Å²) in [5.41, 5.74) is 2.52. The number of anilines is 1. The largest absolute Gasteiger partial charge is 0.356 e. The summed E-state index contributed by atoms with van der Waals surface area (Å²) in [5, 5.41) is 2.77. The Morgan fingerprint density at radius 3 is 2.15 bits per heavy atom. The van der Waals surface area contributed by atoms with Gasteiger partial charge in [-0.05, 0) is 48.2 Å². The maximum Gasteiger partial charge on any atom is 0.227 e. The molecule has 0 spiro atoms. The highest BCUT2D eigenvalue weighted by Crippen LogP contribution is 2.21. The van der Waals surface area contributed by atoms with Gasteiger partial charge in [-0.25, -0.2) is 4.39 Å². The number of rotatable bonds is 8. The lowest BCUT2D eigenvalue weighted by molar-refractivity contribution is -0.120. The molecule has 0 saturated carbocycles. The van der Waals surface area contributed by atoms with Crippen LogP contribution in [-0.4, -0.2) is 18.4 Å². The van der Waals surface area contributed by atoms with Crippen molar-refractivity contribution in [2.75, 3.05) is 11.4 Å². The van der Waals surface area contributed by atoms with Crippen LogP contribution in [0.3, 0.4) is 0 Å². The van der Waals surface area contributed by atoms with E-state index in [-0.39, 0.29) is 23.5 Å². The van der Waals surface area contributed by atoms with Crippen LogP contribution in [0.25, 0.3) is 0 Å². The zero-order chi connectivity index (χ0) is 19.8. The van der Waals surface area contributed by atoms with E-state index in [0.29, 0.717) is 25.9 Å². The van der Waals surface area contributed by atoms with Crippen molar-refractivity contribution in [2.45, 2.75) is 40.2 Å². The van der Waals surface area contributed by atoms with E-state index in [0.717, 1.165) is 16.8 Å². The summed E-state index contributed by atoms with van der Waals surface area (Å²) >= 11 is 0. The SMILES string of the molecule is CCNC(=O)Cc1ccc(N(Cc2ccc(F)cc2)C(=O)CC(C)C)cc1. The molecule has 2 aromatic carbocycles. The average molecular weight is 370 g/mol. The number of likely N-dealkylation sites (N-methyl/N-ethyl adjacent to an activating group) is 1. The number of benzene rings is 2. The van der Waals surface area contributed by atoms with Gasteiger partial charge in [-0.1, -0.05) is 38.1 Å². The first kappa shape index (κ1) is 20.6. The second-order valence-electron chi connectivity index (χ2n) is 7.00. The number of nitrogens with zero attached hydrogens (tertiary/aromatic N) is 1. The second-order valence-corrected chi connectivity index (χ2v) is 7.00. The highest BCUT2D eigenvalue weighted by Gasteiger charge is 2.18. The number of carbonyl (C=O) groups excluding carboxylic acids is 2. The predicted octanol–water partition coefficient (Wildman–Crippen LogP) is 4.08. The third-order valence-corrected chi connectivity index (χ3v) is 4.12. The van der Waals surface area contributed by atoms with E-state index in [4.69, 9.17) is 0 Å². The summed E-state index contributed by atoms with van der Waals surface area (Å²) in [6.07, 6.45) is 0.744. The Labute approximate surface area is 160 Å². The summed E-state index contributed by atoms with van der Waals surface area (Å²) in [7, 11) is 0. The van der Waals surface area contributed by atoms with Crippen LogP contribution in [-0.2, 0) is 22.6 Å². The van der Waals surface area contributed by atoms with Crippen molar-refractivity contribution < 1.29 is 14.0 Å².